The molecule has 0 bridgehead atoms. The van der Waals surface area contributed by atoms with E-state index in [0.29, 0.717) is 11.8 Å². The molecule has 1 aromatic carbocycles. The van der Waals surface area contributed by atoms with Gasteiger partial charge in [0.15, 0.2) is 10.7 Å². The molecule has 0 saturated heterocycles. The Morgan fingerprint density at radius 3 is 2.76 bits per heavy atom. The van der Waals surface area contributed by atoms with Crippen LogP contribution in [0.25, 0.3) is 0 Å². The molecule has 3 rings (SSSR count). The smallest absolute Gasteiger partial charge is 0.329 e. The fourth-order valence-corrected chi connectivity index (χ4v) is 3.27. The second-order valence-corrected chi connectivity index (χ2v) is 6.14. The van der Waals surface area contributed by atoms with Crippen LogP contribution in [0.2, 0.25) is 0 Å². The highest BCUT2D eigenvalue weighted by atomic mass is 32.2. The van der Waals surface area contributed by atoms with Gasteiger partial charge < -0.3 is 10.1 Å². The van der Waals surface area contributed by atoms with Crippen LogP contribution in [0.4, 0.5) is 0 Å². The van der Waals surface area contributed by atoms with Crippen LogP contribution >= 0.6 is 11.8 Å². The maximum absolute atomic E-state index is 12.0. The van der Waals surface area contributed by atoms with Crippen molar-refractivity contribution in [3.63, 3.8) is 0 Å². The van der Waals surface area contributed by atoms with Crippen molar-refractivity contribution in [2.75, 3.05) is 5.75 Å². The van der Waals surface area contributed by atoms with Gasteiger partial charge in [0.05, 0.1) is 0 Å². The van der Waals surface area contributed by atoms with Crippen LogP contribution in [0.5, 0.6) is 0 Å². The van der Waals surface area contributed by atoms with Crippen LogP contribution in [-0.2, 0) is 10.3 Å². The third-order valence-corrected chi connectivity index (χ3v) is 4.63. The molecule has 1 unspecified atom stereocenters. The second kappa shape index (κ2) is 5.91. The lowest BCUT2D eigenvalue weighted by atomic mass is 9.91. The fourth-order valence-electron chi connectivity index (χ4n) is 2.26. The van der Waals surface area contributed by atoms with Gasteiger partial charge in [-0.25, -0.2) is 9.78 Å². The lowest BCUT2D eigenvalue weighted by molar-refractivity contribution is -0.144. The number of aromatic amines is 1. The average Bonchev–Trinajstić information content (AvgIpc) is 3.16. The van der Waals surface area contributed by atoms with Gasteiger partial charge in [-0.05, 0) is 18.4 Å². The monoisotopic (exact) mass is 303 g/mol. The predicted molar refractivity (Wildman–Crippen MR) is 81.2 cm³/mol. The topological polar surface area (TPSA) is 78.0 Å². The summed E-state index contributed by atoms with van der Waals surface area (Å²) in [6.45, 7) is 0. The van der Waals surface area contributed by atoms with E-state index in [1.165, 1.54) is 11.8 Å². The third-order valence-electron chi connectivity index (χ3n) is 3.56. The summed E-state index contributed by atoms with van der Waals surface area (Å²) >= 11 is 1.42. The Labute approximate surface area is 127 Å². The Hall–Kier alpha value is -1.79. The molecule has 1 aliphatic carbocycles. The fraction of sp³-hybridized carbons (Fsp3) is 0.333. The van der Waals surface area contributed by atoms with Gasteiger partial charge >= 0.3 is 5.97 Å². The summed E-state index contributed by atoms with van der Waals surface area (Å²) in [5.41, 5.74) is -0.302. The summed E-state index contributed by atoms with van der Waals surface area (Å²) in [4.78, 5) is 19.2. The molecule has 1 atom stereocenters. The third kappa shape index (κ3) is 3.11. The van der Waals surface area contributed by atoms with E-state index in [1.54, 1.807) is 12.4 Å². The summed E-state index contributed by atoms with van der Waals surface area (Å²) in [5.74, 6) is -0.462. The molecular weight excluding hydrogens is 286 g/mol. The summed E-state index contributed by atoms with van der Waals surface area (Å²) in [6, 6.07) is 9.67. The number of benzene rings is 1. The van der Waals surface area contributed by atoms with E-state index in [2.05, 4.69) is 15.3 Å². The maximum atomic E-state index is 12.0. The van der Waals surface area contributed by atoms with Crippen molar-refractivity contribution < 1.29 is 9.90 Å². The Bertz CT molecular complexity index is 599. The number of hydrogen-bond donors (Lipinski definition) is 3. The number of nitrogens with zero attached hydrogens (tertiary/aromatic N) is 1. The number of hydrogen-bond acceptors (Lipinski definition) is 4. The van der Waals surface area contributed by atoms with Crippen LogP contribution in [0.1, 0.15) is 18.4 Å². The zero-order chi connectivity index (χ0) is 14.7. The van der Waals surface area contributed by atoms with Crippen molar-refractivity contribution in [3.8, 4) is 0 Å². The van der Waals surface area contributed by atoms with E-state index in [0.717, 1.165) is 23.6 Å². The SMILES string of the molecule is O=C(O)C(CSc1ncc[nH]1)(NC1CC1)c1ccccc1. The molecular formula is C15H17N3O2S. The van der Waals surface area contributed by atoms with Gasteiger partial charge in [-0.15, -0.1) is 0 Å². The summed E-state index contributed by atoms with van der Waals surface area (Å²) in [6.07, 6.45) is 5.48. The van der Waals surface area contributed by atoms with Crippen LogP contribution in [0.3, 0.4) is 0 Å². The van der Waals surface area contributed by atoms with Gasteiger partial charge in [0.1, 0.15) is 0 Å². The summed E-state index contributed by atoms with van der Waals surface area (Å²) in [5, 5.41) is 13.9. The molecule has 3 N–H and O–H groups in total. The van der Waals surface area contributed by atoms with Crippen LogP contribution in [-0.4, -0.2) is 32.8 Å². The number of carboxylic acid groups (broad SMARTS) is 1. The van der Waals surface area contributed by atoms with Crippen molar-refractivity contribution >= 4 is 17.7 Å². The highest BCUT2D eigenvalue weighted by Gasteiger charge is 2.44. The lowest BCUT2D eigenvalue weighted by Gasteiger charge is -2.31. The Morgan fingerprint density at radius 2 is 2.19 bits per heavy atom. The van der Waals surface area contributed by atoms with E-state index < -0.39 is 11.5 Å². The van der Waals surface area contributed by atoms with Gasteiger partial charge in [0, 0.05) is 24.2 Å². The second-order valence-electron chi connectivity index (χ2n) is 5.18. The van der Waals surface area contributed by atoms with Crippen LogP contribution in [0, 0.1) is 0 Å². The molecule has 6 heteroatoms. The first-order valence-corrected chi connectivity index (χ1v) is 7.88. The minimum absolute atomic E-state index is 0.290. The first-order chi connectivity index (χ1) is 10.2. The van der Waals surface area contributed by atoms with E-state index in [4.69, 9.17) is 0 Å². The van der Waals surface area contributed by atoms with Crippen LogP contribution in [0.15, 0.2) is 47.9 Å². The van der Waals surface area contributed by atoms with E-state index in [-0.39, 0.29) is 0 Å². The quantitative estimate of drug-likeness (QED) is 0.684. The van der Waals surface area contributed by atoms with Crippen molar-refractivity contribution in [3.05, 3.63) is 48.3 Å². The lowest BCUT2D eigenvalue weighted by Crippen LogP contribution is -2.52. The molecule has 110 valence electrons. The molecule has 0 amide bonds. The first-order valence-electron chi connectivity index (χ1n) is 6.89. The van der Waals surface area contributed by atoms with Gasteiger partial charge in [0.2, 0.25) is 0 Å². The number of aromatic nitrogens is 2. The number of nitrogens with one attached hydrogen (secondary N) is 2. The number of aliphatic carboxylic acids is 1. The minimum Gasteiger partial charge on any atom is -0.480 e. The summed E-state index contributed by atoms with van der Waals surface area (Å²) in [7, 11) is 0. The largest absolute Gasteiger partial charge is 0.480 e. The Balaban J connectivity index is 1.89. The van der Waals surface area contributed by atoms with Crippen molar-refractivity contribution in [2.45, 2.75) is 29.6 Å². The van der Waals surface area contributed by atoms with E-state index in [1.807, 2.05) is 30.3 Å². The van der Waals surface area contributed by atoms with Crippen molar-refractivity contribution in [1.29, 1.82) is 0 Å². The molecule has 21 heavy (non-hydrogen) atoms. The highest BCUT2D eigenvalue weighted by molar-refractivity contribution is 7.99. The van der Waals surface area contributed by atoms with E-state index in [9.17, 15) is 9.90 Å². The predicted octanol–water partition coefficient (Wildman–Crippen LogP) is 2.23. The number of H-pyrrole nitrogens is 1. The zero-order valence-electron chi connectivity index (χ0n) is 11.5. The van der Waals surface area contributed by atoms with Crippen molar-refractivity contribution in [2.24, 2.45) is 0 Å². The molecule has 0 aliphatic heterocycles. The van der Waals surface area contributed by atoms with Crippen molar-refractivity contribution in [1.82, 2.24) is 15.3 Å². The number of imidazole rings is 1. The number of thioether (sulfide) groups is 1. The van der Waals surface area contributed by atoms with Gasteiger partial charge in [0.25, 0.3) is 0 Å². The minimum atomic E-state index is -1.08. The normalized spacial score (nSPS) is 17.3. The molecule has 5 nitrogen and oxygen atoms in total. The Morgan fingerprint density at radius 1 is 1.43 bits per heavy atom. The zero-order valence-corrected chi connectivity index (χ0v) is 12.3. The molecule has 1 aliphatic rings. The molecule has 0 radical (unpaired) electrons. The molecule has 1 aromatic heterocycles. The molecule has 0 spiro atoms. The van der Waals surface area contributed by atoms with Gasteiger partial charge in [-0.1, -0.05) is 42.1 Å². The average molecular weight is 303 g/mol. The van der Waals surface area contributed by atoms with Gasteiger partial charge in [-0.2, -0.15) is 0 Å². The molecule has 1 fully saturated rings. The van der Waals surface area contributed by atoms with E-state index >= 15 is 0 Å². The maximum Gasteiger partial charge on any atom is 0.329 e. The van der Waals surface area contributed by atoms with Crippen LogP contribution < -0.4 is 5.32 Å². The Kier molecular flexibility index (Phi) is 3.98. The highest BCUT2D eigenvalue weighted by Crippen LogP contribution is 2.33. The molecule has 1 heterocycles. The standard InChI is InChI=1S/C15H17N3O2S/c19-13(20)15(18-12-6-7-12,11-4-2-1-3-5-11)10-21-14-16-8-9-17-14/h1-5,8-9,12,18H,6-7,10H2,(H,16,17)(H,19,20). The number of carboxylic acids is 1. The first kappa shape index (κ1) is 14.2. The summed E-state index contributed by atoms with van der Waals surface area (Å²) < 4.78 is 0. The molecule has 1 saturated carbocycles. The van der Waals surface area contributed by atoms with Gasteiger partial charge in [-0.3, -0.25) is 5.32 Å². The number of rotatable bonds is 7. The molecule has 2 aromatic rings. The number of carbonyl (C=O) groups is 1.